The van der Waals surface area contributed by atoms with E-state index in [9.17, 15) is 0 Å². The van der Waals surface area contributed by atoms with Crippen molar-refractivity contribution in [3.63, 3.8) is 0 Å². The molecule has 0 aliphatic heterocycles. The molecule has 0 saturated heterocycles. The first-order valence-corrected chi connectivity index (χ1v) is 6.30. The Labute approximate surface area is 103 Å². The zero-order valence-corrected chi connectivity index (χ0v) is 10.4. The molecule has 0 bridgehead atoms. The van der Waals surface area contributed by atoms with Crippen molar-refractivity contribution in [2.24, 2.45) is 0 Å². The zero-order valence-electron chi connectivity index (χ0n) is 8.86. The second-order valence-corrected chi connectivity index (χ2v) is 5.07. The van der Waals surface area contributed by atoms with Gasteiger partial charge in [-0.2, -0.15) is 0 Å². The Bertz CT molecular complexity index is 491. The van der Waals surface area contributed by atoms with Crippen LogP contribution in [-0.4, -0.2) is 4.68 Å². The Morgan fingerprint density at radius 1 is 1.25 bits per heavy atom. The largest absolute Gasteiger partial charge is 0.319 e. The summed E-state index contributed by atoms with van der Waals surface area (Å²) < 4.78 is 3.20. The normalized spacial score (nSPS) is 18.4. The highest BCUT2D eigenvalue weighted by molar-refractivity contribution is 9.10. The number of hydrogen-bond acceptors (Lipinski definition) is 1. The lowest BCUT2D eigenvalue weighted by atomic mass is 10.1. The molecule has 3 rings (SSSR count). The molecule has 1 unspecified atom stereocenters. The summed E-state index contributed by atoms with van der Waals surface area (Å²) in [6, 6.07) is 11.1. The van der Waals surface area contributed by atoms with E-state index in [4.69, 9.17) is 0 Å². The predicted molar refractivity (Wildman–Crippen MR) is 69.0 cm³/mol. The maximum absolute atomic E-state index is 3.52. The first kappa shape index (κ1) is 9.97. The van der Waals surface area contributed by atoms with Gasteiger partial charge in [0.15, 0.2) is 0 Å². The van der Waals surface area contributed by atoms with Gasteiger partial charge < -0.3 is 5.43 Å². The topological polar surface area (TPSA) is 17.0 Å². The second-order valence-electron chi connectivity index (χ2n) is 4.15. The van der Waals surface area contributed by atoms with Crippen molar-refractivity contribution in [1.82, 2.24) is 4.68 Å². The van der Waals surface area contributed by atoms with Gasteiger partial charge in [0.25, 0.3) is 0 Å². The molecule has 1 heterocycles. The van der Waals surface area contributed by atoms with Gasteiger partial charge >= 0.3 is 0 Å². The molecule has 2 nitrogen and oxygen atoms in total. The fraction of sp³-hybridized carbons (Fsp3) is 0.231. The minimum atomic E-state index is 0.440. The van der Waals surface area contributed by atoms with Crippen LogP contribution in [0.4, 0.5) is 0 Å². The van der Waals surface area contributed by atoms with Crippen molar-refractivity contribution < 1.29 is 0 Å². The van der Waals surface area contributed by atoms with E-state index >= 15 is 0 Å². The van der Waals surface area contributed by atoms with Gasteiger partial charge in [0.1, 0.15) is 0 Å². The number of aromatic nitrogens is 1. The number of aryl methyl sites for hydroxylation is 1. The number of halogens is 1. The number of nitrogens with zero attached hydrogens (tertiary/aromatic N) is 1. The van der Waals surface area contributed by atoms with Crippen LogP contribution in [0.1, 0.15) is 23.6 Å². The van der Waals surface area contributed by atoms with Gasteiger partial charge in [-0.1, -0.05) is 22.0 Å². The molecular formula is C13H13BrN2. The summed E-state index contributed by atoms with van der Waals surface area (Å²) in [5.41, 5.74) is 6.38. The Balaban J connectivity index is 1.86. The predicted octanol–water partition coefficient (Wildman–Crippen LogP) is 3.48. The quantitative estimate of drug-likeness (QED) is 0.889. The van der Waals surface area contributed by atoms with Gasteiger partial charge in [-0.3, -0.25) is 4.68 Å². The third-order valence-electron chi connectivity index (χ3n) is 3.09. The molecule has 0 spiro atoms. The Hall–Kier alpha value is -1.22. The van der Waals surface area contributed by atoms with Crippen LogP contribution in [0, 0.1) is 0 Å². The third kappa shape index (κ3) is 1.76. The highest BCUT2D eigenvalue weighted by Gasteiger charge is 2.22. The standard InChI is InChI=1S/C13H13BrN2/c14-11-4-5-12-10(9-11)3-6-13(12)15-16-7-1-2-8-16/h1-2,4-5,7-9,13,15H,3,6H2. The molecule has 1 atom stereocenters. The number of rotatable bonds is 2. The average molecular weight is 277 g/mol. The van der Waals surface area contributed by atoms with Crippen LogP contribution in [-0.2, 0) is 6.42 Å². The molecule has 2 aromatic rings. The molecule has 0 radical (unpaired) electrons. The fourth-order valence-electron chi connectivity index (χ4n) is 2.32. The van der Waals surface area contributed by atoms with Crippen molar-refractivity contribution >= 4 is 15.9 Å². The van der Waals surface area contributed by atoms with E-state index < -0.39 is 0 Å². The maximum Gasteiger partial charge on any atom is 0.0679 e. The van der Waals surface area contributed by atoms with Crippen LogP contribution in [0.2, 0.25) is 0 Å². The number of nitrogens with one attached hydrogen (secondary N) is 1. The van der Waals surface area contributed by atoms with E-state index in [1.807, 2.05) is 29.2 Å². The number of hydrogen-bond donors (Lipinski definition) is 1. The lowest BCUT2D eigenvalue weighted by molar-refractivity contribution is 0.665. The molecule has 1 N–H and O–H groups in total. The van der Waals surface area contributed by atoms with Gasteiger partial charge in [0, 0.05) is 16.9 Å². The van der Waals surface area contributed by atoms with E-state index in [0.29, 0.717) is 6.04 Å². The summed E-state index contributed by atoms with van der Waals surface area (Å²) in [7, 11) is 0. The van der Waals surface area contributed by atoms with Crippen molar-refractivity contribution in [2.75, 3.05) is 5.43 Å². The molecule has 3 heteroatoms. The molecule has 0 amide bonds. The van der Waals surface area contributed by atoms with E-state index in [-0.39, 0.29) is 0 Å². The maximum atomic E-state index is 3.52. The lowest BCUT2D eigenvalue weighted by Crippen LogP contribution is -2.17. The highest BCUT2D eigenvalue weighted by atomic mass is 79.9. The molecule has 16 heavy (non-hydrogen) atoms. The van der Waals surface area contributed by atoms with Gasteiger partial charge in [-0.15, -0.1) is 0 Å². The summed E-state index contributed by atoms with van der Waals surface area (Å²) >= 11 is 3.52. The Morgan fingerprint density at radius 3 is 2.88 bits per heavy atom. The van der Waals surface area contributed by atoms with Gasteiger partial charge in [0.2, 0.25) is 0 Å². The zero-order chi connectivity index (χ0) is 11.0. The van der Waals surface area contributed by atoms with Gasteiger partial charge in [0.05, 0.1) is 6.04 Å². The average Bonchev–Trinajstić information content (AvgIpc) is 2.89. The van der Waals surface area contributed by atoms with E-state index in [1.165, 1.54) is 22.0 Å². The third-order valence-corrected chi connectivity index (χ3v) is 3.59. The number of benzene rings is 1. The Kier molecular flexibility index (Phi) is 2.48. The fourth-order valence-corrected chi connectivity index (χ4v) is 2.73. The van der Waals surface area contributed by atoms with Crippen LogP contribution in [0.15, 0.2) is 47.2 Å². The molecule has 1 aliphatic rings. The summed E-state index contributed by atoms with van der Waals surface area (Å²) in [6.45, 7) is 0. The molecule has 0 saturated carbocycles. The van der Waals surface area contributed by atoms with Gasteiger partial charge in [-0.05, 0) is 48.2 Å². The molecule has 82 valence electrons. The molecule has 0 fully saturated rings. The first-order valence-electron chi connectivity index (χ1n) is 5.51. The van der Waals surface area contributed by atoms with Crippen molar-refractivity contribution in [3.8, 4) is 0 Å². The molecule has 1 aliphatic carbocycles. The summed E-state index contributed by atoms with van der Waals surface area (Å²) in [6.07, 6.45) is 6.41. The smallest absolute Gasteiger partial charge is 0.0679 e. The van der Waals surface area contributed by atoms with Crippen LogP contribution in [0.3, 0.4) is 0 Å². The van der Waals surface area contributed by atoms with Crippen LogP contribution in [0.5, 0.6) is 0 Å². The van der Waals surface area contributed by atoms with Crippen molar-refractivity contribution in [3.05, 3.63) is 58.3 Å². The molecule has 1 aromatic heterocycles. The van der Waals surface area contributed by atoms with E-state index in [0.717, 1.165) is 6.42 Å². The summed E-state index contributed by atoms with van der Waals surface area (Å²) in [4.78, 5) is 0. The lowest BCUT2D eigenvalue weighted by Gasteiger charge is -2.16. The number of fused-ring (bicyclic) bond motifs is 1. The Morgan fingerprint density at radius 2 is 2.06 bits per heavy atom. The van der Waals surface area contributed by atoms with Crippen molar-refractivity contribution in [2.45, 2.75) is 18.9 Å². The monoisotopic (exact) mass is 276 g/mol. The minimum absolute atomic E-state index is 0.440. The molecular weight excluding hydrogens is 264 g/mol. The SMILES string of the molecule is Brc1ccc2c(c1)CCC2Nn1cccc1. The second kappa shape index (κ2) is 3.98. The van der Waals surface area contributed by atoms with Crippen molar-refractivity contribution in [1.29, 1.82) is 0 Å². The highest BCUT2D eigenvalue weighted by Crippen LogP contribution is 2.33. The molecule has 1 aromatic carbocycles. The minimum Gasteiger partial charge on any atom is -0.319 e. The summed E-state index contributed by atoms with van der Waals surface area (Å²) in [5, 5.41) is 0. The van der Waals surface area contributed by atoms with E-state index in [2.05, 4.69) is 39.6 Å². The van der Waals surface area contributed by atoms with E-state index in [1.54, 1.807) is 0 Å². The van der Waals surface area contributed by atoms with Crippen LogP contribution < -0.4 is 5.43 Å². The van der Waals surface area contributed by atoms with Crippen LogP contribution in [0.25, 0.3) is 0 Å². The summed E-state index contributed by atoms with van der Waals surface area (Å²) in [5.74, 6) is 0. The first-order chi connectivity index (χ1) is 7.83. The van der Waals surface area contributed by atoms with Crippen LogP contribution >= 0.6 is 15.9 Å². The van der Waals surface area contributed by atoms with Gasteiger partial charge in [-0.25, -0.2) is 0 Å².